The van der Waals surface area contributed by atoms with Gasteiger partial charge in [0.25, 0.3) is 0 Å². The third-order valence-electron chi connectivity index (χ3n) is 3.01. The Morgan fingerprint density at radius 2 is 2.00 bits per heavy atom. The second-order valence-corrected chi connectivity index (χ2v) is 4.67. The summed E-state index contributed by atoms with van der Waals surface area (Å²) in [5.41, 5.74) is 0.712. The van der Waals surface area contributed by atoms with Gasteiger partial charge in [0.1, 0.15) is 0 Å². The number of nitrogens with zero attached hydrogens (tertiary/aromatic N) is 1. The molecule has 58 valence electrons. The van der Waals surface area contributed by atoms with E-state index in [1.54, 1.807) is 0 Å². The molecular weight excluding hydrogens is 124 g/mol. The van der Waals surface area contributed by atoms with Crippen molar-refractivity contribution in [3.8, 4) is 0 Å². The Hall–Kier alpha value is -0.0800. The summed E-state index contributed by atoms with van der Waals surface area (Å²) >= 11 is 0. The Labute approximate surface area is 62.8 Å². The van der Waals surface area contributed by atoms with Crippen molar-refractivity contribution in [1.82, 2.24) is 5.32 Å². The molecule has 0 aromatic rings. The van der Waals surface area contributed by atoms with Crippen LogP contribution in [0.3, 0.4) is 0 Å². The fourth-order valence-electron chi connectivity index (χ4n) is 2.37. The molecule has 0 atom stereocenters. The van der Waals surface area contributed by atoms with Crippen molar-refractivity contribution < 1.29 is 4.48 Å². The van der Waals surface area contributed by atoms with E-state index in [0.717, 1.165) is 0 Å². The van der Waals surface area contributed by atoms with E-state index >= 15 is 0 Å². The molecule has 0 saturated carbocycles. The Morgan fingerprint density at radius 1 is 1.30 bits per heavy atom. The summed E-state index contributed by atoms with van der Waals surface area (Å²) in [6, 6.07) is 0. The molecule has 1 spiro atoms. The Morgan fingerprint density at radius 3 is 2.20 bits per heavy atom. The molecule has 0 bridgehead atoms. The van der Waals surface area contributed by atoms with E-state index in [1.807, 2.05) is 0 Å². The number of hydrogen-bond acceptors (Lipinski definition) is 1. The lowest BCUT2D eigenvalue weighted by atomic mass is 9.81. The van der Waals surface area contributed by atoms with Crippen LogP contribution >= 0.6 is 0 Å². The van der Waals surface area contributed by atoms with Crippen LogP contribution in [0, 0.1) is 5.41 Å². The predicted molar refractivity (Wildman–Crippen MR) is 41.8 cm³/mol. The van der Waals surface area contributed by atoms with E-state index < -0.39 is 0 Å². The molecule has 0 aromatic heterocycles. The smallest absolute Gasteiger partial charge is 0.0866 e. The molecule has 2 saturated heterocycles. The van der Waals surface area contributed by atoms with Crippen molar-refractivity contribution in [2.75, 3.05) is 40.3 Å². The first-order chi connectivity index (χ1) is 4.62. The molecule has 0 amide bonds. The highest BCUT2D eigenvalue weighted by Gasteiger charge is 2.48. The zero-order chi connectivity index (χ0) is 7.24. The molecule has 0 aromatic carbocycles. The molecule has 2 nitrogen and oxygen atoms in total. The number of rotatable bonds is 0. The molecular formula is C8H17N2+. The fourth-order valence-corrected chi connectivity index (χ4v) is 2.37. The van der Waals surface area contributed by atoms with Gasteiger partial charge in [-0.05, 0) is 0 Å². The number of nitrogens with one attached hydrogen (secondary N) is 1. The lowest BCUT2D eigenvalue weighted by Crippen LogP contribution is -2.56. The minimum absolute atomic E-state index is 0.712. The van der Waals surface area contributed by atoms with Crippen molar-refractivity contribution in [1.29, 1.82) is 0 Å². The van der Waals surface area contributed by atoms with Crippen LogP contribution in [0.5, 0.6) is 0 Å². The predicted octanol–water partition coefficient (Wildman–Crippen LogP) is 0.0561. The van der Waals surface area contributed by atoms with Gasteiger partial charge < -0.3 is 9.80 Å². The van der Waals surface area contributed by atoms with Crippen LogP contribution in [0.4, 0.5) is 0 Å². The van der Waals surface area contributed by atoms with E-state index in [0.29, 0.717) is 5.41 Å². The van der Waals surface area contributed by atoms with E-state index in [1.165, 1.54) is 37.1 Å². The number of quaternary nitrogens is 1. The van der Waals surface area contributed by atoms with Crippen LogP contribution in [0.25, 0.3) is 0 Å². The average molecular weight is 141 g/mol. The summed E-state index contributed by atoms with van der Waals surface area (Å²) in [6.07, 6.45) is 1.44. The molecule has 0 unspecified atom stereocenters. The van der Waals surface area contributed by atoms with E-state index in [4.69, 9.17) is 0 Å². The topological polar surface area (TPSA) is 12.0 Å². The third kappa shape index (κ3) is 0.867. The van der Waals surface area contributed by atoms with Gasteiger partial charge in [0.2, 0.25) is 0 Å². The molecule has 1 N–H and O–H groups in total. The number of likely N-dealkylation sites (tertiary alicyclic amines) is 1. The molecule has 0 radical (unpaired) electrons. The zero-order valence-corrected chi connectivity index (χ0v) is 6.98. The monoisotopic (exact) mass is 141 g/mol. The van der Waals surface area contributed by atoms with Crippen LogP contribution < -0.4 is 5.32 Å². The zero-order valence-electron chi connectivity index (χ0n) is 6.98. The first-order valence-corrected chi connectivity index (χ1v) is 4.15. The van der Waals surface area contributed by atoms with Crippen molar-refractivity contribution in [3.63, 3.8) is 0 Å². The minimum Gasteiger partial charge on any atom is -0.328 e. The van der Waals surface area contributed by atoms with Gasteiger partial charge in [-0.1, -0.05) is 0 Å². The Kier molecular flexibility index (Phi) is 1.15. The van der Waals surface area contributed by atoms with E-state index in [2.05, 4.69) is 19.4 Å². The van der Waals surface area contributed by atoms with E-state index in [-0.39, 0.29) is 0 Å². The molecule has 2 rings (SSSR count). The highest BCUT2D eigenvalue weighted by molar-refractivity contribution is 4.94. The molecule has 2 heterocycles. The Bertz CT molecular complexity index is 147. The molecule has 2 heteroatoms. The van der Waals surface area contributed by atoms with Crippen LogP contribution in [0.1, 0.15) is 6.42 Å². The van der Waals surface area contributed by atoms with Crippen molar-refractivity contribution in [3.05, 3.63) is 0 Å². The summed E-state index contributed by atoms with van der Waals surface area (Å²) in [5, 5.41) is 3.37. The summed E-state index contributed by atoms with van der Waals surface area (Å²) in [7, 11) is 4.68. The summed E-state index contributed by atoms with van der Waals surface area (Å²) in [4.78, 5) is 0. The van der Waals surface area contributed by atoms with Crippen molar-refractivity contribution in [2.24, 2.45) is 5.41 Å². The van der Waals surface area contributed by atoms with Gasteiger partial charge in [0.05, 0.1) is 27.2 Å². The molecule has 2 aliphatic rings. The lowest BCUT2D eigenvalue weighted by molar-refractivity contribution is -0.881. The van der Waals surface area contributed by atoms with Crippen LogP contribution in [-0.2, 0) is 0 Å². The van der Waals surface area contributed by atoms with Gasteiger partial charge in [-0.3, -0.25) is 0 Å². The standard InChI is InChI=1S/C8H17N2/c1-10(2)4-3-8(7-10)5-9-6-8/h9H,3-7H2,1-2H3/q+1. The largest absolute Gasteiger partial charge is 0.328 e. The minimum atomic E-state index is 0.712. The van der Waals surface area contributed by atoms with Crippen LogP contribution in [0.2, 0.25) is 0 Å². The van der Waals surface area contributed by atoms with Gasteiger partial charge in [-0.15, -0.1) is 0 Å². The molecule has 2 aliphatic heterocycles. The van der Waals surface area contributed by atoms with Gasteiger partial charge in [0, 0.05) is 24.9 Å². The maximum Gasteiger partial charge on any atom is 0.0866 e. The lowest BCUT2D eigenvalue weighted by Gasteiger charge is -2.38. The van der Waals surface area contributed by atoms with Gasteiger partial charge >= 0.3 is 0 Å². The normalized spacial score (nSPS) is 34.2. The Balaban J connectivity index is 2.05. The average Bonchev–Trinajstić information content (AvgIpc) is 2.04. The number of hydrogen-bond donors (Lipinski definition) is 1. The highest BCUT2D eigenvalue weighted by Crippen LogP contribution is 2.36. The second-order valence-electron chi connectivity index (χ2n) is 4.67. The van der Waals surface area contributed by atoms with Gasteiger partial charge in [-0.2, -0.15) is 0 Å². The quantitative estimate of drug-likeness (QED) is 0.470. The van der Waals surface area contributed by atoms with Gasteiger partial charge in [-0.25, -0.2) is 0 Å². The summed E-state index contributed by atoms with van der Waals surface area (Å²) in [5.74, 6) is 0. The third-order valence-corrected chi connectivity index (χ3v) is 3.01. The maximum absolute atomic E-state index is 3.37. The first kappa shape index (κ1) is 6.62. The summed E-state index contributed by atoms with van der Waals surface area (Å²) in [6.45, 7) is 5.31. The van der Waals surface area contributed by atoms with Gasteiger partial charge in [0.15, 0.2) is 0 Å². The fraction of sp³-hybridized carbons (Fsp3) is 1.00. The van der Waals surface area contributed by atoms with Crippen molar-refractivity contribution >= 4 is 0 Å². The molecule has 10 heavy (non-hydrogen) atoms. The maximum atomic E-state index is 3.37. The van der Waals surface area contributed by atoms with E-state index in [9.17, 15) is 0 Å². The SMILES string of the molecule is C[N+]1(C)CCC2(CNC2)C1. The summed E-state index contributed by atoms with van der Waals surface area (Å²) < 4.78 is 1.24. The second kappa shape index (κ2) is 1.74. The molecule has 2 fully saturated rings. The first-order valence-electron chi connectivity index (χ1n) is 4.15. The molecule has 0 aliphatic carbocycles. The van der Waals surface area contributed by atoms with Crippen LogP contribution in [-0.4, -0.2) is 44.8 Å². The highest BCUT2D eigenvalue weighted by atomic mass is 15.3. The van der Waals surface area contributed by atoms with Crippen molar-refractivity contribution in [2.45, 2.75) is 6.42 Å². The van der Waals surface area contributed by atoms with Crippen LogP contribution in [0.15, 0.2) is 0 Å².